The van der Waals surface area contributed by atoms with Gasteiger partial charge >= 0.3 is 5.97 Å². The lowest BCUT2D eigenvalue weighted by Gasteiger charge is -2.55. The molecule has 2 atom stereocenters. The van der Waals surface area contributed by atoms with E-state index in [0.717, 1.165) is 27.8 Å². The van der Waals surface area contributed by atoms with Crippen molar-refractivity contribution < 1.29 is 19.1 Å². The molecular formula is C32H21Br2NO4. The van der Waals surface area contributed by atoms with Crippen LogP contribution in [0.5, 0.6) is 0 Å². The Hall–Kier alpha value is -3.55. The van der Waals surface area contributed by atoms with Gasteiger partial charge in [-0.05, 0) is 52.1 Å². The summed E-state index contributed by atoms with van der Waals surface area (Å²) in [5, 5.41) is 0. The molecular weight excluding hydrogens is 622 g/mol. The van der Waals surface area contributed by atoms with Gasteiger partial charge in [0, 0.05) is 0 Å². The first kappa shape index (κ1) is 24.5. The van der Waals surface area contributed by atoms with E-state index in [1.165, 1.54) is 4.90 Å². The summed E-state index contributed by atoms with van der Waals surface area (Å²) in [5.74, 6) is -2.31. The molecule has 4 aromatic rings. The van der Waals surface area contributed by atoms with Crippen molar-refractivity contribution in [3.8, 4) is 0 Å². The quantitative estimate of drug-likeness (QED) is 0.146. The zero-order valence-electron chi connectivity index (χ0n) is 20.5. The molecule has 2 bridgehead atoms. The first-order chi connectivity index (χ1) is 18.9. The van der Waals surface area contributed by atoms with Crippen LogP contribution in [-0.4, -0.2) is 17.8 Å². The van der Waals surface area contributed by atoms with Gasteiger partial charge in [0.1, 0.15) is 6.61 Å². The molecule has 0 radical (unpaired) electrons. The molecule has 192 valence electrons. The second-order valence-corrected chi connectivity index (χ2v) is 12.6. The number of halogens is 2. The Morgan fingerprint density at radius 3 is 1.56 bits per heavy atom. The van der Waals surface area contributed by atoms with Gasteiger partial charge in [0.15, 0.2) is 0 Å². The summed E-state index contributed by atoms with van der Waals surface area (Å²) in [4.78, 5) is 42.2. The van der Waals surface area contributed by atoms with Gasteiger partial charge < -0.3 is 4.74 Å². The Bertz CT molecular complexity index is 1550. The van der Waals surface area contributed by atoms with Crippen molar-refractivity contribution in [1.82, 2.24) is 0 Å². The average Bonchev–Trinajstić information content (AvgIpc) is 3.26. The van der Waals surface area contributed by atoms with Crippen LogP contribution < -0.4 is 4.90 Å². The maximum Gasteiger partial charge on any atom is 0.338 e. The highest BCUT2D eigenvalue weighted by atomic mass is 79.9. The fourth-order valence-electron chi connectivity index (χ4n) is 6.47. The number of nitrogens with zero attached hydrogens (tertiary/aromatic N) is 1. The highest BCUT2D eigenvalue weighted by Crippen LogP contribution is 2.70. The van der Waals surface area contributed by atoms with Crippen LogP contribution in [0.4, 0.5) is 5.69 Å². The second-order valence-electron chi connectivity index (χ2n) is 10.1. The smallest absolute Gasteiger partial charge is 0.338 e. The Labute approximate surface area is 242 Å². The number of amides is 2. The Balaban J connectivity index is 1.24. The monoisotopic (exact) mass is 641 g/mol. The van der Waals surface area contributed by atoms with Crippen LogP contribution in [0.1, 0.15) is 38.2 Å². The highest BCUT2D eigenvalue weighted by molar-refractivity contribution is 9.10. The molecule has 0 aromatic heterocycles. The molecule has 0 spiro atoms. The molecule has 1 fully saturated rings. The number of benzene rings is 4. The lowest BCUT2D eigenvalue weighted by Crippen LogP contribution is -2.56. The molecule has 1 heterocycles. The number of ether oxygens (including phenoxy) is 1. The average molecular weight is 643 g/mol. The molecule has 4 aromatic carbocycles. The maximum atomic E-state index is 14.1. The summed E-state index contributed by atoms with van der Waals surface area (Å²) < 4.78 is 3.75. The van der Waals surface area contributed by atoms with Crippen molar-refractivity contribution >= 4 is 55.3 Å². The third kappa shape index (κ3) is 3.26. The van der Waals surface area contributed by atoms with Gasteiger partial charge in [-0.1, -0.05) is 111 Å². The predicted molar refractivity (Wildman–Crippen MR) is 154 cm³/mol. The number of rotatable bonds is 4. The molecule has 8 rings (SSSR count). The standard InChI is InChI=1S/C32H21Br2NO4/c33-31-22-10-4-5-11-23(22)32(34,25-13-7-6-12-24(25)31)27-26(31)28(36)35(29(27)37)21-16-14-20(15-17-21)30(38)39-18-19-8-2-1-3-9-19/h1-17,26-27H,18H2/t26-,27-,31?,32?/m1/s1. The molecule has 0 N–H and O–H groups in total. The van der Waals surface area contributed by atoms with Crippen LogP contribution in [0.2, 0.25) is 0 Å². The first-order valence-corrected chi connectivity index (χ1v) is 14.2. The molecule has 39 heavy (non-hydrogen) atoms. The third-order valence-corrected chi connectivity index (χ3v) is 10.9. The van der Waals surface area contributed by atoms with Crippen molar-refractivity contribution in [1.29, 1.82) is 0 Å². The van der Waals surface area contributed by atoms with Gasteiger partial charge in [-0.25, -0.2) is 9.69 Å². The lowest BCUT2D eigenvalue weighted by atomic mass is 9.54. The van der Waals surface area contributed by atoms with Crippen LogP contribution in [0.25, 0.3) is 0 Å². The van der Waals surface area contributed by atoms with Gasteiger partial charge in [-0.2, -0.15) is 0 Å². The molecule has 5 nitrogen and oxygen atoms in total. The fraction of sp³-hybridized carbons (Fsp3) is 0.156. The molecule has 1 aliphatic heterocycles. The Morgan fingerprint density at radius 1 is 0.667 bits per heavy atom. The van der Waals surface area contributed by atoms with E-state index in [1.807, 2.05) is 78.9 Å². The topological polar surface area (TPSA) is 63.7 Å². The van der Waals surface area contributed by atoms with E-state index in [4.69, 9.17) is 4.74 Å². The number of carbonyl (C=O) groups excluding carboxylic acids is 3. The SMILES string of the molecule is O=C(OCc1ccccc1)c1ccc(N2C(=O)[C@H]3[C@H](C2=O)C2(Br)c4ccccc4C3(Br)c3ccccc32)cc1. The van der Waals surface area contributed by atoms with Crippen LogP contribution in [0.3, 0.4) is 0 Å². The molecule has 2 amide bonds. The van der Waals surface area contributed by atoms with Gasteiger partial charge in [0.05, 0.1) is 31.7 Å². The van der Waals surface area contributed by atoms with Crippen molar-refractivity contribution in [3.63, 3.8) is 0 Å². The minimum atomic E-state index is -0.844. The van der Waals surface area contributed by atoms with E-state index in [2.05, 4.69) is 31.9 Å². The van der Waals surface area contributed by atoms with E-state index >= 15 is 0 Å². The second kappa shape index (κ2) is 8.73. The first-order valence-electron chi connectivity index (χ1n) is 12.6. The largest absolute Gasteiger partial charge is 0.457 e. The van der Waals surface area contributed by atoms with Gasteiger partial charge in [-0.3, -0.25) is 9.59 Å². The lowest BCUT2D eigenvalue weighted by molar-refractivity contribution is -0.122. The van der Waals surface area contributed by atoms with Gasteiger partial charge in [-0.15, -0.1) is 0 Å². The molecule has 1 saturated heterocycles. The predicted octanol–water partition coefficient (Wildman–Crippen LogP) is 6.45. The van der Waals surface area contributed by atoms with Crippen LogP contribution >= 0.6 is 31.9 Å². The van der Waals surface area contributed by atoms with Gasteiger partial charge in [0.25, 0.3) is 0 Å². The minimum Gasteiger partial charge on any atom is -0.457 e. The molecule has 0 unspecified atom stereocenters. The van der Waals surface area contributed by atoms with Crippen LogP contribution in [0.15, 0.2) is 103 Å². The number of esters is 1. The van der Waals surface area contributed by atoms with E-state index < -0.39 is 26.5 Å². The van der Waals surface area contributed by atoms with Crippen LogP contribution in [0, 0.1) is 11.8 Å². The van der Waals surface area contributed by atoms with Crippen LogP contribution in [-0.2, 0) is 29.6 Å². The summed E-state index contributed by atoms with van der Waals surface area (Å²) in [5.41, 5.74) is 5.62. The molecule has 3 aliphatic carbocycles. The third-order valence-electron chi connectivity index (χ3n) is 8.16. The van der Waals surface area contributed by atoms with E-state index in [-0.39, 0.29) is 18.4 Å². The number of hydrogen-bond acceptors (Lipinski definition) is 4. The zero-order chi connectivity index (χ0) is 26.9. The van der Waals surface area contributed by atoms with Gasteiger partial charge in [0.2, 0.25) is 11.8 Å². The number of alkyl halides is 2. The summed E-state index contributed by atoms with van der Waals surface area (Å²) >= 11 is 8.03. The van der Waals surface area contributed by atoms with E-state index in [9.17, 15) is 14.4 Å². The van der Waals surface area contributed by atoms with Crippen molar-refractivity contribution in [3.05, 3.63) is 137 Å². The minimum absolute atomic E-state index is 0.162. The number of carbonyl (C=O) groups is 3. The maximum absolute atomic E-state index is 14.1. The van der Waals surface area contributed by atoms with E-state index in [1.54, 1.807) is 24.3 Å². The van der Waals surface area contributed by atoms with E-state index in [0.29, 0.717) is 11.3 Å². The number of imide groups is 1. The summed E-state index contributed by atoms with van der Waals surface area (Å²) in [6, 6.07) is 31.9. The fourth-order valence-corrected chi connectivity index (χ4v) is 8.78. The zero-order valence-corrected chi connectivity index (χ0v) is 23.7. The summed E-state index contributed by atoms with van der Waals surface area (Å²) in [6.07, 6.45) is 0. The molecule has 0 saturated carbocycles. The van der Waals surface area contributed by atoms with Crippen molar-refractivity contribution in [2.45, 2.75) is 15.3 Å². The highest BCUT2D eigenvalue weighted by Gasteiger charge is 2.72. The number of hydrogen-bond donors (Lipinski definition) is 0. The molecule has 4 aliphatic rings. The normalized spacial score (nSPS) is 26.2. The Morgan fingerprint density at radius 2 is 1.10 bits per heavy atom. The summed E-state index contributed by atoms with van der Waals surface area (Å²) in [7, 11) is 0. The summed E-state index contributed by atoms with van der Waals surface area (Å²) in [6.45, 7) is 0.162. The Kier molecular flexibility index (Phi) is 5.48. The molecule has 7 heteroatoms. The van der Waals surface area contributed by atoms with Crippen molar-refractivity contribution in [2.75, 3.05) is 4.90 Å². The number of anilines is 1. The van der Waals surface area contributed by atoms with Crippen molar-refractivity contribution in [2.24, 2.45) is 11.8 Å².